The van der Waals surface area contributed by atoms with Crippen LogP contribution in [0, 0.1) is 0 Å². The van der Waals surface area contributed by atoms with Gasteiger partial charge in [-0.2, -0.15) is 22.8 Å². The molecule has 3 aromatic heterocycles. The Morgan fingerprint density at radius 3 is 2.68 bits per heavy atom. The molecular weight excluding hydrogens is 439 g/mol. The van der Waals surface area contributed by atoms with Gasteiger partial charge < -0.3 is 10.4 Å². The summed E-state index contributed by atoms with van der Waals surface area (Å²) in [5.41, 5.74) is -0.303. The summed E-state index contributed by atoms with van der Waals surface area (Å²) in [7, 11) is 0. The molecule has 2 atom stereocenters. The summed E-state index contributed by atoms with van der Waals surface area (Å²) in [6, 6.07) is 6.15. The van der Waals surface area contributed by atoms with E-state index in [1.807, 2.05) is 12.1 Å². The normalized spacial score (nSPS) is 22.7. The molecule has 0 aliphatic heterocycles. The third-order valence-corrected chi connectivity index (χ3v) is 5.56. The second-order valence-electron chi connectivity index (χ2n) is 7.03. The van der Waals surface area contributed by atoms with Gasteiger partial charge in [-0.15, -0.1) is 0 Å². The molecule has 0 bridgehead atoms. The zero-order valence-electron chi connectivity index (χ0n) is 14.6. The number of nitrogens with zero attached hydrogens (tertiary/aromatic N) is 4. The van der Waals surface area contributed by atoms with E-state index < -0.39 is 23.4 Å². The van der Waals surface area contributed by atoms with Crippen molar-refractivity contribution in [2.45, 2.75) is 37.0 Å². The lowest BCUT2D eigenvalue weighted by Crippen LogP contribution is -2.33. The summed E-state index contributed by atoms with van der Waals surface area (Å²) in [5.74, 6) is 0.192. The monoisotopic (exact) mass is 455 g/mol. The summed E-state index contributed by atoms with van der Waals surface area (Å²) < 4.78 is 41.5. The Morgan fingerprint density at radius 2 is 2.04 bits per heavy atom. The van der Waals surface area contributed by atoms with Crippen LogP contribution >= 0.6 is 15.9 Å². The van der Waals surface area contributed by atoms with Crippen LogP contribution in [0.25, 0.3) is 5.65 Å². The van der Waals surface area contributed by atoms with Crippen molar-refractivity contribution in [1.82, 2.24) is 19.6 Å². The molecule has 1 aliphatic carbocycles. The van der Waals surface area contributed by atoms with Crippen molar-refractivity contribution in [3.05, 3.63) is 52.5 Å². The van der Waals surface area contributed by atoms with Crippen molar-refractivity contribution in [1.29, 1.82) is 0 Å². The topological polar surface area (TPSA) is 75.3 Å². The minimum absolute atomic E-state index is 0.0913. The molecule has 0 spiro atoms. The van der Waals surface area contributed by atoms with Crippen LogP contribution in [0.1, 0.15) is 30.5 Å². The zero-order valence-corrected chi connectivity index (χ0v) is 16.2. The second kappa shape index (κ2) is 7.00. The van der Waals surface area contributed by atoms with E-state index in [-0.39, 0.29) is 11.5 Å². The number of anilines is 1. The Balaban J connectivity index is 1.71. The minimum Gasteiger partial charge on any atom is -0.393 e. The number of hydrogen-bond donors (Lipinski definition) is 2. The van der Waals surface area contributed by atoms with Crippen molar-refractivity contribution in [2.24, 2.45) is 0 Å². The lowest BCUT2D eigenvalue weighted by molar-refractivity contribution is -0.141. The number of aliphatic hydroxyl groups excluding tert-OH is 1. The first kappa shape index (κ1) is 19.1. The highest BCUT2D eigenvalue weighted by Crippen LogP contribution is 2.41. The highest BCUT2D eigenvalue weighted by atomic mass is 79.9. The standard InChI is InChI=1S/C18H17BrF3N5O/c19-14-8-16-25-13(18(20,21)22)7-15(27(16)26-14)24-10-17(4-1-12(28)9-17)11-2-5-23-6-3-11/h2-3,5-8,12,24,28H,1,4,9-10H2. The molecule has 28 heavy (non-hydrogen) atoms. The SMILES string of the molecule is OC1CCC(CNc2cc(C(F)(F)F)nc3cc(Br)nn23)(c2ccncc2)C1. The van der Waals surface area contributed by atoms with Gasteiger partial charge in [-0.3, -0.25) is 4.98 Å². The molecule has 1 fully saturated rings. The summed E-state index contributed by atoms with van der Waals surface area (Å²) >= 11 is 3.19. The molecule has 4 rings (SSSR count). The van der Waals surface area contributed by atoms with Crippen LogP contribution < -0.4 is 5.32 Å². The summed E-state index contributed by atoms with van der Waals surface area (Å²) in [6.07, 6.45) is 0.217. The smallest absolute Gasteiger partial charge is 0.393 e. The third-order valence-electron chi connectivity index (χ3n) is 5.17. The summed E-state index contributed by atoms with van der Waals surface area (Å²) in [4.78, 5) is 7.68. The van der Waals surface area contributed by atoms with Gasteiger partial charge in [-0.1, -0.05) is 0 Å². The van der Waals surface area contributed by atoms with Gasteiger partial charge in [0.2, 0.25) is 0 Å². The molecular formula is C18H17BrF3N5O. The van der Waals surface area contributed by atoms with Crippen molar-refractivity contribution in [3.8, 4) is 0 Å². The summed E-state index contributed by atoms with van der Waals surface area (Å²) in [6.45, 7) is 0.349. The molecule has 2 unspecified atom stereocenters. The fourth-order valence-electron chi connectivity index (χ4n) is 3.81. The van der Waals surface area contributed by atoms with E-state index in [1.165, 1.54) is 10.6 Å². The van der Waals surface area contributed by atoms with Crippen LogP contribution in [0.4, 0.5) is 19.0 Å². The first-order valence-corrected chi connectivity index (χ1v) is 9.52. The van der Waals surface area contributed by atoms with Crippen molar-refractivity contribution >= 4 is 27.4 Å². The molecule has 148 valence electrons. The Labute approximate surface area is 166 Å². The average Bonchev–Trinajstić information content (AvgIpc) is 3.22. The molecule has 3 heterocycles. The van der Waals surface area contributed by atoms with Gasteiger partial charge in [-0.25, -0.2) is 4.98 Å². The highest BCUT2D eigenvalue weighted by Gasteiger charge is 2.40. The van der Waals surface area contributed by atoms with E-state index in [1.54, 1.807) is 12.4 Å². The van der Waals surface area contributed by atoms with Gasteiger partial charge in [0.05, 0.1) is 6.10 Å². The molecule has 3 aromatic rings. The number of aromatic nitrogens is 4. The zero-order chi connectivity index (χ0) is 19.9. The number of aliphatic hydroxyl groups is 1. The van der Waals surface area contributed by atoms with E-state index in [9.17, 15) is 18.3 Å². The van der Waals surface area contributed by atoms with Crippen molar-refractivity contribution in [2.75, 3.05) is 11.9 Å². The Bertz CT molecular complexity index is 994. The molecule has 6 nitrogen and oxygen atoms in total. The van der Waals surface area contributed by atoms with Crippen LogP contribution in [0.5, 0.6) is 0 Å². The second-order valence-corrected chi connectivity index (χ2v) is 7.84. The molecule has 0 amide bonds. The van der Waals surface area contributed by atoms with Crippen LogP contribution in [-0.2, 0) is 11.6 Å². The van der Waals surface area contributed by atoms with E-state index in [4.69, 9.17) is 0 Å². The van der Waals surface area contributed by atoms with Gasteiger partial charge >= 0.3 is 6.18 Å². The third kappa shape index (κ3) is 3.58. The van der Waals surface area contributed by atoms with Gasteiger partial charge in [0.25, 0.3) is 0 Å². The fourth-order valence-corrected chi connectivity index (χ4v) is 4.17. The Hall–Kier alpha value is -2.20. The molecule has 0 aromatic carbocycles. The molecule has 1 aliphatic rings. The predicted octanol–water partition coefficient (Wildman–Crippen LogP) is 3.80. The van der Waals surface area contributed by atoms with Crippen LogP contribution in [0.3, 0.4) is 0 Å². The highest BCUT2D eigenvalue weighted by molar-refractivity contribution is 9.10. The molecule has 0 saturated heterocycles. The largest absolute Gasteiger partial charge is 0.433 e. The molecule has 2 N–H and O–H groups in total. The van der Waals surface area contributed by atoms with E-state index in [0.717, 1.165) is 11.6 Å². The fraction of sp³-hybridized carbons (Fsp3) is 0.389. The molecule has 1 saturated carbocycles. The van der Waals surface area contributed by atoms with Gasteiger partial charge in [0.15, 0.2) is 11.3 Å². The predicted molar refractivity (Wildman–Crippen MR) is 100.0 cm³/mol. The van der Waals surface area contributed by atoms with Crippen molar-refractivity contribution < 1.29 is 18.3 Å². The lowest BCUT2D eigenvalue weighted by atomic mass is 9.79. The number of pyridine rings is 1. The number of hydrogen-bond acceptors (Lipinski definition) is 5. The van der Waals surface area contributed by atoms with E-state index in [2.05, 4.69) is 36.3 Å². The summed E-state index contributed by atoms with van der Waals surface area (Å²) in [5, 5.41) is 17.4. The number of rotatable bonds is 4. The lowest BCUT2D eigenvalue weighted by Gasteiger charge is -2.30. The van der Waals surface area contributed by atoms with E-state index >= 15 is 0 Å². The van der Waals surface area contributed by atoms with Gasteiger partial charge in [0.1, 0.15) is 10.4 Å². The quantitative estimate of drug-likeness (QED) is 0.625. The first-order chi connectivity index (χ1) is 13.3. The van der Waals surface area contributed by atoms with E-state index in [0.29, 0.717) is 30.4 Å². The Kier molecular flexibility index (Phi) is 4.78. The first-order valence-electron chi connectivity index (χ1n) is 8.73. The van der Waals surface area contributed by atoms with Gasteiger partial charge in [0, 0.05) is 36.5 Å². The molecule has 0 radical (unpaired) electrons. The van der Waals surface area contributed by atoms with Crippen molar-refractivity contribution in [3.63, 3.8) is 0 Å². The van der Waals surface area contributed by atoms with Crippen LogP contribution in [0.2, 0.25) is 0 Å². The Morgan fingerprint density at radius 1 is 1.29 bits per heavy atom. The number of nitrogens with one attached hydrogen (secondary N) is 1. The van der Waals surface area contributed by atoms with Crippen LogP contribution in [-0.4, -0.2) is 37.3 Å². The maximum atomic E-state index is 13.3. The maximum absolute atomic E-state index is 13.3. The maximum Gasteiger partial charge on any atom is 0.433 e. The number of halogens is 4. The van der Waals surface area contributed by atoms with Gasteiger partial charge in [-0.05, 0) is 52.9 Å². The molecule has 10 heteroatoms. The minimum atomic E-state index is -4.57. The van der Waals surface area contributed by atoms with Crippen LogP contribution in [0.15, 0.2) is 41.3 Å². The number of alkyl halides is 3. The average molecular weight is 456 g/mol. The number of fused-ring (bicyclic) bond motifs is 1.